The van der Waals surface area contributed by atoms with E-state index in [0.29, 0.717) is 23.1 Å². The fraction of sp³-hybridized carbons (Fsp3) is 0.348. The molecule has 158 valence electrons. The number of rotatable bonds is 7. The highest BCUT2D eigenvalue weighted by atomic mass is 79.9. The van der Waals surface area contributed by atoms with E-state index in [4.69, 9.17) is 4.74 Å². The van der Waals surface area contributed by atoms with Crippen molar-refractivity contribution >= 4 is 38.7 Å². The van der Waals surface area contributed by atoms with E-state index in [-0.39, 0.29) is 11.7 Å². The topological polar surface area (TPSA) is 59.7 Å². The zero-order chi connectivity index (χ0) is 21.8. The van der Waals surface area contributed by atoms with Crippen molar-refractivity contribution < 1.29 is 4.74 Å². The molecule has 1 aromatic heterocycles. The summed E-state index contributed by atoms with van der Waals surface area (Å²) >= 11 is 3.43. The van der Waals surface area contributed by atoms with Crippen LogP contribution in [0.25, 0.3) is 10.9 Å². The van der Waals surface area contributed by atoms with Crippen LogP contribution >= 0.6 is 15.9 Å². The lowest BCUT2D eigenvalue weighted by Crippen LogP contribution is -2.22. The van der Waals surface area contributed by atoms with Crippen LogP contribution in [0.3, 0.4) is 0 Å². The van der Waals surface area contributed by atoms with E-state index in [2.05, 4.69) is 32.9 Å². The van der Waals surface area contributed by atoms with E-state index in [1.54, 1.807) is 12.3 Å². The third-order valence-corrected chi connectivity index (χ3v) is 5.41. The molecule has 7 heteroatoms. The Morgan fingerprint density at radius 2 is 2.00 bits per heavy atom. The largest absolute Gasteiger partial charge is 0.490 e. The van der Waals surface area contributed by atoms with E-state index in [1.165, 1.54) is 4.68 Å². The molecular weight excluding hydrogens is 444 g/mol. The van der Waals surface area contributed by atoms with Gasteiger partial charge in [0, 0.05) is 42.3 Å². The van der Waals surface area contributed by atoms with Crippen molar-refractivity contribution in [1.82, 2.24) is 9.66 Å². The van der Waals surface area contributed by atoms with Gasteiger partial charge in [0.25, 0.3) is 5.56 Å². The minimum Gasteiger partial charge on any atom is -0.490 e. The summed E-state index contributed by atoms with van der Waals surface area (Å²) in [6.07, 6.45) is 3.23. The van der Waals surface area contributed by atoms with Crippen molar-refractivity contribution in [3.8, 4) is 5.75 Å². The first-order valence-corrected chi connectivity index (χ1v) is 10.9. The number of ether oxygens (including phenoxy) is 1. The number of halogens is 1. The standard InChI is InChI=1S/C23H27BrN4O2/c1-6-15(3)30-21-13-18(27(4)5)10-8-16(21)14-25-28-22(7-2)26-20-11-9-17(24)12-19(20)23(28)29/h8-15H,6-7H2,1-5H3/t15-/m1/s1. The molecule has 0 bridgehead atoms. The maximum absolute atomic E-state index is 13.1. The summed E-state index contributed by atoms with van der Waals surface area (Å²) in [6, 6.07) is 11.5. The Kier molecular flexibility index (Phi) is 6.92. The van der Waals surface area contributed by atoms with Crippen molar-refractivity contribution in [1.29, 1.82) is 0 Å². The first-order valence-electron chi connectivity index (χ1n) is 10.1. The van der Waals surface area contributed by atoms with E-state index in [1.807, 2.05) is 63.2 Å². The molecule has 1 atom stereocenters. The molecule has 0 saturated carbocycles. The Hall–Kier alpha value is -2.67. The second-order valence-electron chi connectivity index (χ2n) is 7.36. The molecule has 0 N–H and O–H groups in total. The Balaban J connectivity index is 2.09. The number of anilines is 1. The fourth-order valence-corrected chi connectivity index (χ4v) is 3.33. The smallest absolute Gasteiger partial charge is 0.282 e. The van der Waals surface area contributed by atoms with Gasteiger partial charge in [-0.1, -0.05) is 29.8 Å². The third-order valence-electron chi connectivity index (χ3n) is 4.92. The summed E-state index contributed by atoms with van der Waals surface area (Å²) in [6.45, 7) is 6.08. The van der Waals surface area contributed by atoms with Gasteiger partial charge in [0.15, 0.2) is 0 Å². The Morgan fingerprint density at radius 3 is 2.67 bits per heavy atom. The summed E-state index contributed by atoms with van der Waals surface area (Å²) in [5, 5.41) is 5.03. The average Bonchev–Trinajstić information content (AvgIpc) is 2.73. The molecule has 3 aromatic rings. The highest BCUT2D eigenvalue weighted by Crippen LogP contribution is 2.25. The number of hydrogen-bond acceptors (Lipinski definition) is 5. The number of benzene rings is 2. The molecule has 0 aliphatic rings. The van der Waals surface area contributed by atoms with E-state index in [0.717, 1.165) is 27.9 Å². The number of nitrogens with zero attached hydrogens (tertiary/aromatic N) is 4. The van der Waals surface area contributed by atoms with Crippen LogP contribution < -0.4 is 15.2 Å². The van der Waals surface area contributed by atoms with Crippen LogP contribution in [0, 0.1) is 0 Å². The predicted octanol–water partition coefficient (Wildman–Crippen LogP) is 4.85. The number of aryl methyl sites for hydroxylation is 1. The number of aromatic nitrogens is 2. The number of hydrogen-bond donors (Lipinski definition) is 0. The monoisotopic (exact) mass is 470 g/mol. The first-order chi connectivity index (χ1) is 14.3. The SMILES string of the molecule is CCc1nc2ccc(Br)cc2c(=O)n1N=Cc1ccc(N(C)C)cc1O[C@H](C)CC. The summed E-state index contributed by atoms with van der Waals surface area (Å²) in [7, 11) is 3.98. The average molecular weight is 471 g/mol. The van der Waals surface area contributed by atoms with Gasteiger partial charge in [-0.2, -0.15) is 9.78 Å². The van der Waals surface area contributed by atoms with Crippen molar-refractivity contribution in [2.24, 2.45) is 5.10 Å². The lowest BCUT2D eigenvalue weighted by molar-refractivity contribution is 0.217. The second kappa shape index (κ2) is 9.43. The minimum absolute atomic E-state index is 0.0724. The Morgan fingerprint density at radius 1 is 1.23 bits per heavy atom. The summed E-state index contributed by atoms with van der Waals surface area (Å²) in [5.74, 6) is 1.35. The maximum Gasteiger partial charge on any atom is 0.282 e. The highest BCUT2D eigenvalue weighted by molar-refractivity contribution is 9.10. The molecule has 0 aliphatic heterocycles. The van der Waals surface area contributed by atoms with E-state index in [9.17, 15) is 4.79 Å². The van der Waals surface area contributed by atoms with Crippen molar-refractivity contribution in [2.45, 2.75) is 39.7 Å². The van der Waals surface area contributed by atoms with Gasteiger partial charge >= 0.3 is 0 Å². The van der Waals surface area contributed by atoms with Gasteiger partial charge in [0.2, 0.25) is 0 Å². The van der Waals surface area contributed by atoms with Crippen molar-refractivity contribution in [3.05, 3.63) is 62.6 Å². The molecule has 6 nitrogen and oxygen atoms in total. The van der Waals surface area contributed by atoms with Gasteiger partial charge in [-0.25, -0.2) is 4.98 Å². The highest BCUT2D eigenvalue weighted by Gasteiger charge is 2.12. The Bertz CT molecular complexity index is 1140. The molecule has 1 heterocycles. The van der Waals surface area contributed by atoms with Crippen molar-refractivity contribution in [3.63, 3.8) is 0 Å². The molecule has 0 saturated heterocycles. The summed E-state index contributed by atoms with van der Waals surface area (Å²) in [4.78, 5) is 19.7. The van der Waals surface area contributed by atoms with Gasteiger partial charge in [-0.15, -0.1) is 0 Å². The van der Waals surface area contributed by atoms with E-state index >= 15 is 0 Å². The van der Waals surface area contributed by atoms with Crippen molar-refractivity contribution in [2.75, 3.05) is 19.0 Å². The van der Waals surface area contributed by atoms with Gasteiger partial charge in [-0.3, -0.25) is 4.79 Å². The van der Waals surface area contributed by atoms with Gasteiger partial charge < -0.3 is 9.64 Å². The van der Waals surface area contributed by atoms with Crippen LogP contribution in [0.1, 0.15) is 38.6 Å². The Labute approximate surface area is 185 Å². The third kappa shape index (κ3) is 4.73. The van der Waals surface area contributed by atoms with Gasteiger partial charge in [0.05, 0.1) is 23.2 Å². The predicted molar refractivity (Wildman–Crippen MR) is 127 cm³/mol. The molecule has 0 aliphatic carbocycles. The van der Waals surface area contributed by atoms with Crippen LogP contribution in [-0.2, 0) is 6.42 Å². The maximum atomic E-state index is 13.1. The van der Waals surface area contributed by atoms with Crippen LogP contribution in [0.2, 0.25) is 0 Å². The fourth-order valence-electron chi connectivity index (χ4n) is 2.97. The molecule has 0 fully saturated rings. The van der Waals surface area contributed by atoms with Gasteiger partial charge in [-0.05, 0) is 43.7 Å². The molecular formula is C23H27BrN4O2. The first kappa shape index (κ1) is 22.0. The van der Waals surface area contributed by atoms with Crippen LogP contribution in [0.5, 0.6) is 5.75 Å². The summed E-state index contributed by atoms with van der Waals surface area (Å²) < 4.78 is 8.33. The normalized spacial score (nSPS) is 12.5. The van der Waals surface area contributed by atoms with Crippen LogP contribution in [-0.4, -0.2) is 36.1 Å². The second-order valence-corrected chi connectivity index (χ2v) is 8.27. The lowest BCUT2D eigenvalue weighted by Gasteiger charge is -2.18. The zero-order valence-electron chi connectivity index (χ0n) is 18.0. The zero-order valence-corrected chi connectivity index (χ0v) is 19.6. The van der Waals surface area contributed by atoms with E-state index < -0.39 is 0 Å². The minimum atomic E-state index is -0.191. The van der Waals surface area contributed by atoms with Crippen LogP contribution in [0.4, 0.5) is 5.69 Å². The molecule has 30 heavy (non-hydrogen) atoms. The quantitative estimate of drug-likeness (QED) is 0.463. The molecule has 0 unspecified atom stereocenters. The van der Waals surface area contributed by atoms with Crippen LogP contribution in [0.15, 0.2) is 50.8 Å². The summed E-state index contributed by atoms with van der Waals surface area (Å²) in [5.41, 5.74) is 2.32. The molecule has 0 spiro atoms. The molecule has 0 radical (unpaired) electrons. The number of fused-ring (bicyclic) bond motifs is 1. The molecule has 3 rings (SSSR count). The molecule has 0 amide bonds. The molecule has 2 aromatic carbocycles. The van der Waals surface area contributed by atoms with Gasteiger partial charge in [0.1, 0.15) is 11.6 Å². The lowest BCUT2D eigenvalue weighted by atomic mass is 10.2.